The number of fused-ring (bicyclic) bond motifs is 1. The number of para-hydroxylation sites is 1. The van der Waals surface area contributed by atoms with Crippen molar-refractivity contribution >= 4 is 11.6 Å². The SMILES string of the molecule is NCCC1CN(C(=O)C2CC=CC2)c2ccccc21. The summed E-state index contributed by atoms with van der Waals surface area (Å²) in [6, 6.07) is 8.26. The van der Waals surface area contributed by atoms with Crippen LogP contribution in [0.2, 0.25) is 0 Å². The maximum absolute atomic E-state index is 12.6. The predicted molar refractivity (Wildman–Crippen MR) is 77.1 cm³/mol. The Balaban J connectivity index is 1.85. The van der Waals surface area contributed by atoms with E-state index >= 15 is 0 Å². The molecule has 3 nitrogen and oxygen atoms in total. The number of nitrogens with two attached hydrogens (primary N) is 1. The third kappa shape index (κ3) is 2.19. The Labute approximate surface area is 114 Å². The Morgan fingerprint density at radius 1 is 1.26 bits per heavy atom. The van der Waals surface area contributed by atoms with Gasteiger partial charge in [-0.1, -0.05) is 30.4 Å². The van der Waals surface area contributed by atoms with E-state index in [1.807, 2.05) is 17.0 Å². The van der Waals surface area contributed by atoms with E-state index in [-0.39, 0.29) is 11.8 Å². The van der Waals surface area contributed by atoms with E-state index in [0.29, 0.717) is 12.5 Å². The van der Waals surface area contributed by atoms with Gasteiger partial charge >= 0.3 is 0 Å². The molecule has 1 aliphatic heterocycles. The van der Waals surface area contributed by atoms with Gasteiger partial charge < -0.3 is 10.6 Å². The van der Waals surface area contributed by atoms with Gasteiger partial charge in [-0.2, -0.15) is 0 Å². The maximum Gasteiger partial charge on any atom is 0.230 e. The summed E-state index contributed by atoms with van der Waals surface area (Å²) in [5, 5.41) is 0. The van der Waals surface area contributed by atoms with Gasteiger partial charge in [0, 0.05) is 24.1 Å². The molecule has 100 valence electrons. The van der Waals surface area contributed by atoms with Crippen LogP contribution in [0.5, 0.6) is 0 Å². The standard InChI is InChI=1S/C16H20N2O/c17-10-9-13-11-18(15-8-4-3-7-14(13)15)16(19)12-5-1-2-6-12/h1-4,7-8,12-13H,5-6,9-11,17H2. The number of allylic oxidation sites excluding steroid dienone is 2. The summed E-state index contributed by atoms with van der Waals surface area (Å²) >= 11 is 0. The van der Waals surface area contributed by atoms with Gasteiger partial charge in [0.15, 0.2) is 0 Å². The van der Waals surface area contributed by atoms with E-state index in [1.165, 1.54) is 5.56 Å². The van der Waals surface area contributed by atoms with Gasteiger partial charge in [0.2, 0.25) is 5.91 Å². The molecule has 3 heteroatoms. The normalized spacial score (nSPS) is 21.9. The second kappa shape index (κ2) is 5.17. The van der Waals surface area contributed by atoms with Crippen LogP contribution >= 0.6 is 0 Å². The molecule has 1 aliphatic carbocycles. The van der Waals surface area contributed by atoms with Gasteiger partial charge in [0.25, 0.3) is 0 Å². The third-order valence-electron chi connectivity index (χ3n) is 4.21. The molecule has 1 amide bonds. The summed E-state index contributed by atoms with van der Waals surface area (Å²) in [4.78, 5) is 14.6. The van der Waals surface area contributed by atoms with Crippen molar-refractivity contribution in [1.82, 2.24) is 0 Å². The predicted octanol–water partition coefficient (Wildman–Crippen LogP) is 2.43. The highest BCUT2D eigenvalue weighted by atomic mass is 16.2. The summed E-state index contributed by atoms with van der Waals surface area (Å²) in [5.74, 6) is 0.821. The molecule has 3 rings (SSSR count). The van der Waals surface area contributed by atoms with Crippen LogP contribution in [0.1, 0.15) is 30.7 Å². The number of anilines is 1. The van der Waals surface area contributed by atoms with Crippen molar-refractivity contribution in [2.24, 2.45) is 11.7 Å². The van der Waals surface area contributed by atoms with Gasteiger partial charge in [0.05, 0.1) is 0 Å². The van der Waals surface area contributed by atoms with Crippen LogP contribution in [0, 0.1) is 5.92 Å². The number of nitrogens with zero attached hydrogens (tertiary/aromatic N) is 1. The molecule has 2 N–H and O–H groups in total. The van der Waals surface area contributed by atoms with Gasteiger partial charge in [-0.25, -0.2) is 0 Å². The van der Waals surface area contributed by atoms with Crippen molar-refractivity contribution in [1.29, 1.82) is 0 Å². The molecule has 0 bridgehead atoms. The second-order valence-electron chi connectivity index (χ2n) is 5.42. The number of hydrogen-bond donors (Lipinski definition) is 1. The van der Waals surface area contributed by atoms with Gasteiger partial charge in [-0.05, 0) is 37.4 Å². The minimum atomic E-state index is 0.143. The van der Waals surface area contributed by atoms with Crippen molar-refractivity contribution < 1.29 is 4.79 Å². The Bertz CT molecular complexity index is 501. The zero-order chi connectivity index (χ0) is 13.2. The fourth-order valence-electron chi connectivity index (χ4n) is 3.19. The van der Waals surface area contributed by atoms with Crippen molar-refractivity contribution in [3.8, 4) is 0 Å². The summed E-state index contributed by atoms with van der Waals surface area (Å²) in [7, 11) is 0. The summed E-state index contributed by atoms with van der Waals surface area (Å²) in [5.41, 5.74) is 8.08. The van der Waals surface area contributed by atoms with Crippen LogP contribution in [-0.4, -0.2) is 19.0 Å². The number of hydrogen-bond acceptors (Lipinski definition) is 2. The average molecular weight is 256 g/mol. The summed E-state index contributed by atoms with van der Waals surface area (Å²) in [6.45, 7) is 1.47. The molecule has 0 fully saturated rings. The summed E-state index contributed by atoms with van der Waals surface area (Å²) in [6.07, 6.45) is 6.95. The van der Waals surface area contributed by atoms with E-state index in [4.69, 9.17) is 5.73 Å². The Kier molecular flexibility index (Phi) is 3.38. The molecule has 1 heterocycles. The van der Waals surface area contributed by atoms with E-state index in [0.717, 1.165) is 31.5 Å². The molecule has 2 aliphatic rings. The summed E-state index contributed by atoms with van der Waals surface area (Å²) < 4.78 is 0. The molecule has 1 aromatic rings. The van der Waals surface area contributed by atoms with E-state index < -0.39 is 0 Å². The molecule has 0 spiro atoms. The molecule has 0 saturated heterocycles. The minimum Gasteiger partial charge on any atom is -0.330 e. The zero-order valence-electron chi connectivity index (χ0n) is 11.1. The molecule has 19 heavy (non-hydrogen) atoms. The highest BCUT2D eigenvalue weighted by molar-refractivity contribution is 5.97. The van der Waals surface area contributed by atoms with Crippen LogP contribution in [0.3, 0.4) is 0 Å². The van der Waals surface area contributed by atoms with Crippen LogP contribution < -0.4 is 10.6 Å². The monoisotopic (exact) mass is 256 g/mol. The Morgan fingerprint density at radius 2 is 2.00 bits per heavy atom. The molecule has 0 aromatic heterocycles. The minimum absolute atomic E-state index is 0.143. The Hall–Kier alpha value is -1.61. The van der Waals surface area contributed by atoms with E-state index in [2.05, 4.69) is 24.3 Å². The molecule has 1 unspecified atom stereocenters. The van der Waals surface area contributed by atoms with Crippen molar-refractivity contribution in [3.05, 3.63) is 42.0 Å². The van der Waals surface area contributed by atoms with Gasteiger partial charge in [-0.3, -0.25) is 4.79 Å². The smallest absolute Gasteiger partial charge is 0.230 e. The van der Waals surface area contributed by atoms with Crippen LogP contribution in [0.15, 0.2) is 36.4 Å². The van der Waals surface area contributed by atoms with Crippen molar-refractivity contribution in [2.45, 2.75) is 25.2 Å². The fourth-order valence-corrected chi connectivity index (χ4v) is 3.19. The molecule has 1 aromatic carbocycles. The van der Waals surface area contributed by atoms with Crippen molar-refractivity contribution in [3.63, 3.8) is 0 Å². The lowest BCUT2D eigenvalue weighted by molar-refractivity contribution is -0.122. The lowest BCUT2D eigenvalue weighted by atomic mass is 9.98. The van der Waals surface area contributed by atoms with Crippen LogP contribution in [0.4, 0.5) is 5.69 Å². The highest BCUT2D eigenvalue weighted by Crippen LogP contribution is 2.39. The second-order valence-corrected chi connectivity index (χ2v) is 5.42. The third-order valence-corrected chi connectivity index (χ3v) is 4.21. The number of carbonyl (C=O) groups is 1. The van der Waals surface area contributed by atoms with Crippen LogP contribution in [-0.2, 0) is 4.79 Å². The molecular weight excluding hydrogens is 236 g/mol. The molecule has 1 atom stereocenters. The quantitative estimate of drug-likeness (QED) is 0.844. The average Bonchev–Trinajstić information content (AvgIpc) is 3.07. The maximum atomic E-state index is 12.6. The highest BCUT2D eigenvalue weighted by Gasteiger charge is 2.34. The first kappa shape index (κ1) is 12.4. The van der Waals surface area contributed by atoms with E-state index in [9.17, 15) is 4.79 Å². The number of benzene rings is 1. The van der Waals surface area contributed by atoms with Crippen molar-refractivity contribution in [2.75, 3.05) is 18.0 Å². The lowest BCUT2D eigenvalue weighted by Crippen LogP contribution is -2.34. The first-order chi connectivity index (χ1) is 9.31. The molecule has 0 saturated carbocycles. The van der Waals surface area contributed by atoms with E-state index in [1.54, 1.807) is 0 Å². The van der Waals surface area contributed by atoms with Gasteiger partial charge in [-0.15, -0.1) is 0 Å². The number of amides is 1. The zero-order valence-corrected chi connectivity index (χ0v) is 11.1. The lowest BCUT2D eigenvalue weighted by Gasteiger charge is -2.21. The Morgan fingerprint density at radius 3 is 2.74 bits per heavy atom. The van der Waals surface area contributed by atoms with Crippen LogP contribution in [0.25, 0.3) is 0 Å². The first-order valence-electron chi connectivity index (χ1n) is 7.06. The topological polar surface area (TPSA) is 46.3 Å². The number of carbonyl (C=O) groups excluding carboxylic acids is 1. The number of rotatable bonds is 3. The molecular formula is C16H20N2O. The largest absolute Gasteiger partial charge is 0.330 e. The molecule has 0 radical (unpaired) electrons. The van der Waals surface area contributed by atoms with Gasteiger partial charge in [0.1, 0.15) is 0 Å². The first-order valence-corrected chi connectivity index (χ1v) is 7.06. The fraction of sp³-hybridized carbons (Fsp3) is 0.438.